The summed E-state index contributed by atoms with van der Waals surface area (Å²) < 4.78 is 21.5. The first-order chi connectivity index (χ1) is 16.2. The van der Waals surface area contributed by atoms with E-state index in [9.17, 15) is 9.18 Å². The van der Waals surface area contributed by atoms with Crippen molar-refractivity contribution in [2.24, 2.45) is 0 Å². The summed E-state index contributed by atoms with van der Waals surface area (Å²) in [6.07, 6.45) is 7.71. The molecule has 0 N–H and O–H groups in total. The molecule has 35 heavy (non-hydrogen) atoms. The third kappa shape index (κ3) is 4.87. The summed E-state index contributed by atoms with van der Waals surface area (Å²) in [4.78, 5) is 24.0. The van der Waals surface area contributed by atoms with Crippen LogP contribution in [0.1, 0.15) is 34.7 Å². The molecule has 2 aromatic heterocycles. The topological polar surface area (TPSA) is 60.2 Å². The smallest absolute Gasteiger partial charge is 1.00 e. The van der Waals surface area contributed by atoms with Crippen molar-refractivity contribution < 1.29 is 45.2 Å². The van der Waals surface area contributed by atoms with Crippen LogP contribution in [-0.4, -0.2) is 51.6 Å². The minimum atomic E-state index is -0.303. The molecule has 6 nitrogen and oxygen atoms in total. The molecule has 0 spiro atoms. The van der Waals surface area contributed by atoms with E-state index in [1.54, 1.807) is 30.6 Å². The molecule has 4 aromatic rings. The van der Waals surface area contributed by atoms with Crippen LogP contribution in [0.25, 0.3) is 28.0 Å². The number of carbonyl (C=O) groups is 1. The molecule has 174 valence electrons. The van der Waals surface area contributed by atoms with Gasteiger partial charge in [-0.2, -0.15) is 0 Å². The molecule has 1 aliphatic heterocycles. The standard InChI is InChI=1S/C26H23FN4O2.ClH.Li/c27-23-4-2-1-3-20(23)19-14-28-26(29-15-19)31-16-22(17-5-6-17)21-8-7-18(13-24(21)31)25(32)30-9-11-33-12-10-30;;/h1-4,7-8,13-17H,5-6,9-12H2;1H;/q;;+1/p-1. The van der Waals surface area contributed by atoms with Gasteiger partial charge in [-0.25, -0.2) is 14.4 Å². The molecule has 3 heterocycles. The average molecular weight is 485 g/mol. The number of nitrogens with zero attached hydrogens (tertiary/aromatic N) is 4. The van der Waals surface area contributed by atoms with Gasteiger partial charge in [-0.1, -0.05) is 24.3 Å². The molecular formula is C26H23ClFLiN4O2. The maximum absolute atomic E-state index is 14.2. The van der Waals surface area contributed by atoms with Crippen molar-refractivity contribution in [1.82, 2.24) is 19.4 Å². The van der Waals surface area contributed by atoms with Gasteiger partial charge in [0.05, 0.1) is 18.7 Å². The van der Waals surface area contributed by atoms with Crippen molar-refractivity contribution >= 4 is 16.8 Å². The maximum Gasteiger partial charge on any atom is 1.00 e. The Hall–Kier alpha value is -2.69. The number of amides is 1. The van der Waals surface area contributed by atoms with Crippen LogP contribution in [0.4, 0.5) is 4.39 Å². The Bertz CT molecular complexity index is 1350. The van der Waals surface area contributed by atoms with Gasteiger partial charge in [-0.3, -0.25) is 9.36 Å². The first-order valence-corrected chi connectivity index (χ1v) is 11.3. The fraction of sp³-hybridized carbons (Fsp3) is 0.269. The van der Waals surface area contributed by atoms with Gasteiger partial charge in [0.25, 0.3) is 5.91 Å². The number of rotatable bonds is 4. The average Bonchev–Trinajstić information content (AvgIpc) is 3.65. The summed E-state index contributed by atoms with van der Waals surface area (Å²) in [5, 5.41) is 1.12. The molecule has 0 atom stereocenters. The fourth-order valence-corrected chi connectivity index (χ4v) is 4.50. The van der Waals surface area contributed by atoms with Crippen LogP contribution < -0.4 is 31.3 Å². The summed E-state index contributed by atoms with van der Waals surface area (Å²) in [6.45, 7) is 2.34. The van der Waals surface area contributed by atoms with E-state index in [1.807, 2.05) is 27.7 Å². The van der Waals surface area contributed by atoms with E-state index in [2.05, 4.69) is 16.2 Å². The molecule has 0 unspecified atom stereocenters. The zero-order chi connectivity index (χ0) is 22.4. The van der Waals surface area contributed by atoms with Gasteiger partial charge in [-0.15, -0.1) is 0 Å². The monoisotopic (exact) mass is 484 g/mol. The number of morpholine rings is 1. The SMILES string of the molecule is O=C(c1ccc2c(C3CC3)cn(-c3ncc(-c4ccccc4F)cn3)c2c1)N1CCOCC1.[Cl-].[Li+]. The number of benzene rings is 2. The maximum atomic E-state index is 14.2. The van der Waals surface area contributed by atoms with Gasteiger partial charge in [0.2, 0.25) is 5.95 Å². The number of hydrogen-bond donors (Lipinski definition) is 0. The van der Waals surface area contributed by atoms with E-state index < -0.39 is 0 Å². The van der Waals surface area contributed by atoms with Crippen molar-refractivity contribution in [3.8, 4) is 17.1 Å². The van der Waals surface area contributed by atoms with Crippen LogP contribution in [0.2, 0.25) is 0 Å². The second-order valence-corrected chi connectivity index (χ2v) is 8.62. The molecule has 2 fully saturated rings. The Morgan fingerprint density at radius 1 is 1.03 bits per heavy atom. The zero-order valence-corrected chi connectivity index (χ0v) is 20.2. The third-order valence-corrected chi connectivity index (χ3v) is 6.44. The van der Waals surface area contributed by atoms with Crippen molar-refractivity contribution in [2.45, 2.75) is 18.8 Å². The minimum Gasteiger partial charge on any atom is -1.00 e. The molecule has 0 radical (unpaired) electrons. The van der Waals surface area contributed by atoms with Crippen LogP contribution in [0.15, 0.2) is 61.1 Å². The van der Waals surface area contributed by atoms with E-state index in [0.29, 0.717) is 54.9 Å². The molecule has 1 saturated heterocycles. The van der Waals surface area contributed by atoms with E-state index in [4.69, 9.17) is 4.74 Å². The van der Waals surface area contributed by atoms with E-state index in [0.717, 1.165) is 10.9 Å². The largest absolute Gasteiger partial charge is 1.00 e. The van der Waals surface area contributed by atoms with Crippen LogP contribution >= 0.6 is 0 Å². The molecular weight excluding hydrogens is 462 g/mol. The summed E-state index contributed by atoms with van der Waals surface area (Å²) in [5.74, 6) is 0.745. The minimum absolute atomic E-state index is 0. The normalized spacial score (nSPS) is 15.4. The van der Waals surface area contributed by atoms with Gasteiger partial charge in [0.15, 0.2) is 0 Å². The molecule has 9 heteroatoms. The van der Waals surface area contributed by atoms with Gasteiger partial charge in [0.1, 0.15) is 5.82 Å². The molecule has 1 saturated carbocycles. The number of hydrogen-bond acceptors (Lipinski definition) is 4. The van der Waals surface area contributed by atoms with E-state index in [1.165, 1.54) is 24.5 Å². The van der Waals surface area contributed by atoms with Crippen LogP contribution in [0.3, 0.4) is 0 Å². The Morgan fingerprint density at radius 3 is 2.43 bits per heavy atom. The van der Waals surface area contributed by atoms with Gasteiger partial charge >= 0.3 is 18.9 Å². The van der Waals surface area contributed by atoms with Crippen LogP contribution in [-0.2, 0) is 4.74 Å². The second-order valence-electron chi connectivity index (χ2n) is 8.62. The molecule has 2 aromatic carbocycles. The second kappa shape index (κ2) is 10.5. The molecule has 6 rings (SSSR count). The van der Waals surface area contributed by atoms with Crippen molar-refractivity contribution in [3.05, 3.63) is 78.0 Å². The number of fused-ring (bicyclic) bond motifs is 1. The summed E-state index contributed by atoms with van der Waals surface area (Å²) in [7, 11) is 0. The first-order valence-electron chi connectivity index (χ1n) is 11.3. The molecule has 1 amide bonds. The Balaban J connectivity index is 0.00000144. The summed E-state index contributed by atoms with van der Waals surface area (Å²) >= 11 is 0. The van der Waals surface area contributed by atoms with Crippen LogP contribution in [0, 0.1) is 5.82 Å². The van der Waals surface area contributed by atoms with E-state index in [-0.39, 0.29) is 43.0 Å². The number of halogens is 2. The molecule has 1 aliphatic carbocycles. The first kappa shape index (κ1) is 25.4. The molecule has 0 bridgehead atoms. The molecule has 2 aliphatic rings. The predicted octanol–water partition coefficient (Wildman–Crippen LogP) is -1.42. The van der Waals surface area contributed by atoms with E-state index >= 15 is 0 Å². The van der Waals surface area contributed by atoms with Crippen molar-refractivity contribution in [3.63, 3.8) is 0 Å². The Kier molecular flexibility index (Phi) is 7.63. The summed E-state index contributed by atoms with van der Waals surface area (Å²) in [6, 6.07) is 12.5. The number of ether oxygens (including phenoxy) is 1. The zero-order valence-electron chi connectivity index (χ0n) is 19.5. The Morgan fingerprint density at radius 2 is 1.74 bits per heavy atom. The number of aromatic nitrogens is 3. The fourth-order valence-electron chi connectivity index (χ4n) is 4.50. The number of carbonyl (C=O) groups excluding carboxylic acids is 1. The predicted molar refractivity (Wildman–Crippen MR) is 123 cm³/mol. The van der Waals surface area contributed by atoms with Crippen LogP contribution in [0.5, 0.6) is 0 Å². The quantitative estimate of drug-likeness (QED) is 0.334. The third-order valence-electron chi connectivity index (χ3n) is 6.44. The summed E-state index contributed by atoms with van der Waals surface area (Å²) in [5.41, 5.74) is 3.92. The van der Waals surface area contributed by atoms with Gasteiger partial charge in [-0.05, 0) is 42.5 Å². The van der Waals surface area contributed by atoms with Crippen molar-refractivity contribution in [1.29, 1.82) is 0 Å². The van der Waals surface area contributed by atoms with Crippen molar-refractivity contribution in [2.75, 3.05) is 26.3 Å². The van der Waals surface area contributed by atoms with Gasteiger partial charge in [0, 0.05) is 53.8 Å². The Labute approximate surface area is 221 Å². The van der Waals surface area contributed by atoms with Gasteiger partial charge < -0.3 is 22.0 Å².